The van der Waals surface area contributed by atoms with Gasteiger partial charge >= 0.3 is 0 Å². The van der Waals surface area contributed by atoms with Gasteiger partial charge in [-0.3, -0.25) is 9.52 Å². The van der Waals surface area contributed by atoms with Crippen molar-refractivity contribution in [2.45, 2.75) is 19.1 Å². The van der Waals surface area contributed by atoms with E-state index in [1.807, 2.05) is 62.4 Å². The van der Waals surface area contributed by atoms with Gasteiger partial charge in [0.2, 0.25) is 0 Å². The second-order valence-electron chi connectivity index (χ2n) is 7.88. The van der Waals surface area contributed by atoms with E-state index in [-0.39, 0.29) is 22.5 Å². The van der Waals surface area contributed by atoms with Crippen molar-refractivity contribution in [1.29, 1.82) is 0 Å². The number of benzene rings is 2. The average molecular weight is 479 g/mol. The maximum atomic E-state index is 13.0. The molecule has 1 amide bonds. The molecule has 7 nitrogen and oxygen atoms in total. The number of rotatable bonds is 5. The summed E-state index contributed by atoms with van der Waals surface area (Å²) in [4.78, 5) is 22.3. The zero-order chi connectivity index (χ0) is 24.4. The summed E-state index contributed by atoms with van der Waals surface area (Å²) >= 11 is 1.30. The molecule has 0 fully saturated rings. The molecule has 3 aromatic heterocycles. The first kappa shape index (κ1) is 22.4. The van der Waals surface area contributed by atoms with Crippen LogP contribution in [0.3, 0.4) is 0 Å². The highest BCUT2D eigenvalue weighted by molar-refractivity contribution is 7.98. The molecule has 3 heterocycles. The van der Waals surface area contributed by atoms with Crippen molar-refractivity contribution < 1.29 is 4.79 Å². The number of nitrogens with zero attached hydrogens (tertiary/aromatic N) is 4. The van der Waals surface area contributed by atoms with Crippen LogP contribution in [0.1, 0.15) is 40.6 Å². The molecule has 0 aliphatic carbocycles. The number of nitrogens with one attached hydrogen (secondary N) is 1. The van der Waals surface area contributed by atoms with Gasteiger partial charge in [0.05, 0.1) is 16.8 Å². The first-order valence-corrected chi connectivity index (χ1v) is 11.9. The summed E-state index contributed by atoms with van der Waals surface area (Å²) in [6.07, 6.45) is 3.31. The van der Waals surface area contributed by atoms with Crippen LogP contribution < -0.4 is 10.5 Å². The summed E-state index contributed by atoms with van der Waals surface area (Å²) in [5, 5.41) is 5.06. The first-order chi connectivity index (χ1) is 17.1. The molecule has 1 unspecified atom stereocenters. The maximum Gasteiger partial charge on any atom is 0.268 e. The van der Waals surface area contributed by atoms with Crippen LogP contribution in [-0.2, 0) is 0 Å². The van der Waals surface area contributed by atoms with Crippen LogP contribution in [0.5, 0.6) is 0 Å². The lowest BCUT2D eigenvalue weighted by Crippen LogP contribution is -2.18. The van der Waals surface area contributed by atoms with Crippen LogP contribution in [-0.4, -0.2) is 25.5 Å². The Labute approximate surface area is 206 Å². The highest BCUT2D eigenvalue weighted by atomic mass is 32.2. The number of para-hydroxylation sites is 1. The molecule has 5 aromatic rings. The number of carbonyl (C=O) groups excluding carboxylic acids is 1. The fourth-order valence-corrected chi connectivity index (χ4v) is 4.66. The molecule has 35 heavy (non-hydrogen) atoms. The molecular weight excluding hydrogens is 456 g/mol. The van der Waals surface area contributed by atoms with Gasteiger partial charge in [-0.25, -0.2) is 14.5 Å². The van der Waals surface area contributed by atoms with Gasteiger partial charge in [-0.05, 0) is 49.6 Å². The number of fused-ring (bicyclic) bond motifs is 2. The number of aromatic nitrogens is 4. The fraction of sp³-hybridized carbons (Fsp3) is 0.111. The minimum absolute atomic E-state index is 0.108. The van der Waals surface area contributed by atoms with E-state index in [4.69, 9.17) is 10.7 Å². The maximum absolute atomic E-state index is 13.0. The Kier molecular flexibility index (Phi) is 6.08. The second kappa shape index (κ2) is 9.49. The zero-order valence-electron chi connectivity index (χ0n) is 19.2. The van der Waals surface area contributed by atoms with Crippen molar-refractivity contribution >= 4 is 40.2 Å². The Morgan fingerprint density at radius 2 is 1.97 bits per heavy atom. The van der Waals surface area contributed by atoms with Gasteiger partial charge in [0.15, 0.2) is 11.5 Å². The molecule has 0 saturated heterocycles. The molecule has 0 radical (unpaired) electrons. The monoisotopic (exact) mass is 478 g/mol. The number of nitrogens with two attached hydrogens (primary N) is 1. The van der Waals surface area contributed by atoms with Crippen molar-refractivity contribution in [3.63, 3.8) is 0 Å². The van der Waals surface area contributed by atoms with Crippen LogP contribution in [0.4, 0.5) is 5.82 Å². The summed E-state index contributed by atoms with van der Waals surface area (Å²) < 4.78 is 4.42. The van der Waals surface area contributed by atoms with Gasteiger partial charge in [0, 0.05) is 28.6 Å². The van der Waals surface area contributed by atoms with Gasteiger partial charge in [-0.2, -0.15) is 0 Å². The number of hydrogen-bond acceptors (Lipinski definition) is 6. The Balaban J connectivity index is 1.51. The van der Waals surface area contributed by atoms with Crippen molar-refractivity contribution in [2.24, 2.45) is 0 Å². The lowest BCUT2D eigenvalue weighted by atomic mass is 10.00. The van der Waals surface area contributed by atoms with Gasteiger partial charge in [0.1, 0.15) is 5.56 Å². The van der Waals surface area contributed by atoms with Crippen molar-refractivity contribution in [1.82, 2.24) is 24.3 Å². The number of anilines is 1. The molecule has 5 rings (SSSR count). The van der Waals surface area contributed by atoms with Crippen LogP contribution >= 0.6 is 11.9 Å². The Morgan fingerprint density at radius 1 is 1.14 bits per heavy atom. The predicted molar refractivity (Wildman–Crippen MR) is 141 cm³/mol. The van der Waals surface area contributed by atoms with E-state index in [0.29, 0.717) is 5.65 Å². The van der Waals surface area contributed by atoms with Crippen LogP contribution in [0.15, 0.2) is 73.1 Å². The molecule has 0 saturated carbocycles. The predicted octanol–water partition coefficient (Wildman–Crippen LogP) is 5.04. The second-order valence-corrected chi connectivity index (χ2v) is 9.03. The smallest absolute Gasteiger partial charge is 0.268 e. The Hall–Kier alpha value is -4.35. The molecule has 0 spiro atoms. The number of nitrogen functional groups attached to an aromatic ring is 1. The molecule has 2 aromatic carbocycles. The Morgan fingerprint density at radius 3 is 2.77 bits per heavy atom. The van der Waals surface area contributed by atoms with E-state index in [9.17, 15) is 4.79 Å². The number of amides is 1. The summed E-state index contributed by atoms with van der Waals surface area (Å²) in [6.45, 7) is 3.85. The minimum Gasteiger partial charge on any atom is -0.381 e. The van der Waals surface area contributed by atoms with Crippen LogP contribution in [0.2, 0.25) is 0 Å². The highest BCUT2D eigenvalue weighted by Gasteiger charge is 2.22. The molecule has 172 valence electrons. The highest BCUT2D eigenvalue weighted by Crippen LogP contribution is 2.36. The Bertz CT molecular complexity index is 1620. The number of pyridine rings is 1. The third-order valence-electron chi connectivity index (χ3n) is 5.60. The molecule has 8 heteroatoms. The van der Waals surface area contributed by atoms with E-state index >= 15 is 0 Å². The molecule has 0 bridgehead atoms. The molecule has 1 atom stereocenters. The normalized spacial score (nSPS) is 11.7. The van der Waals surface area contributed by atoms with Crippen LogP contribution in [0.25, 0.3) is 27.8 Å². The van der Waals surface area contributed by atoms with Gasteiger partial charge in [-0.15, -0.1) is 11.0 Å². The minimum atomic E-state index is -0.344. The number of carbonyl (C=O) groups is 1. The summed E-state index contributed by atoms with van der Waals surface area (Å²) in [6, 6.07) is 19.9. The van der Waals surface area contributed by atoms with Gasteiger partial charge in [0.25, 0.3) is 5.91 Å². The van der Waals surface area contributed by atoms with Crippen molar-refractivity contribution in [3.05, 3.63) is 89.7 Å². The van der Waals surface area contributed by atoms with E-state index in [2.05, 4.69) is 32.7 Å². The van der Waals surface area contributed by atoms with E-state index in [0.717, 1.165) is 33.3 Å². The van der Waals surface area contributed by atoms with E-state index < -0.39 is 0 Å². The molecule has 0 aliphatic heterocycles. The SMILES string of the molecule is CC#Cc1cccc2cc(C(C)SNC(=O)c3c(N)nn4cccnc34)c(-c3ccccc3)nc12. The molecular formula is C27H22N6OS. The summed E-state index contributed by atoms with van der Waals surface area (Å²) in [5.41, 5.74) is 11.3. The van der Waals surface area contributed by atoms with Crippen molar-refractivity contribution in [2.75, 3.05) is 5.73 Å². The lowest BCUT2D eigenvalue weighted by molar-refractivity contribution is 0.0986. The summed E-state index contributed by atoms with van der Waals surface area (Å²) in [5.74, 6) is 5.92. The third kappa shape index (κ3) is 4.29. The standard InChI is InChI=1S/C27H22N6OS/c1-3-9-18-12-7-13-20-16-21(24(30-23(18)20)19-10-5-4-6-11-19)17(2)35-32-27(34)22-25(28)31-33-15-8-14-29-26(22)33/h4-8,10-17H,1-2H3,(H2,28,31)(H,32,34). The van der Waals surface area contributed by atoms with E-state index in [1.165, 1.54) is 16.5 Å². The van der Waals surface area contributed by atoms with Gasteiger partial charge < -0.3 is 5.73 Å². The number of hydrogen-bond donors (Lipinski definition) is 2. The van der Waals surface area contributed by atoms with Gasteiger partial charge in [-0.1, -0.05) is 48.4 Å². The first-order valence-electron chi connectivity index (χ1n) is 11.0. The molecule has 3 N–H and O–H groups in total. The van der Waals surface area contributed by atoms with E-state index in [1.54, 1.807) is 18.5 Å². The average Bonchev–Trinajstić information content (AvgIpc) is 3.23. The third-order valence-corrected chi connectivity index (χ3v) is 6.51. The zero-order valence-corrected chi connectivity index (χ0v) is 20.0. The summed E-state index contributed by atoms with van der Waals surface area (Å²) in [7, 11) is 0. The topological polar surface area (TPSA) is 98.2 Å². The fourth-order valence-electron chi connectivity index (χ4n) is 3.97. The quantitative estimate of drug-likeness (QED) is 0.271. The van der Waals surface area contributed by atoms with Crippen LogP contribution in [0, 0.1) is 11.8 Å². The lowest BCUT2D eigenvalue weighted by Gasteiger charge is -2.17. The molecule has 0 aliphatic rings. The largest absolute Gasteiger partial charge is 0.381 e. The van der Waals surface area contributed by atoms with Crippen molar-refractivity contribution in [3.8, 4) is 23.1 Å².